The van der Waals surface area contributed by atoms with E-state index in [1.54, 1.807) is 18.3 Å². The number of benzene rings is 1. The molecule has 170 valence electrons. The van der Waals surface area contributed by atoms with E-state index in [4.69, 9.17) is 9.15 Å². The number of thioether (sulfide) groups is 1. The maximum atomic E-state index is 13.0. The number of aromatic nitrogens is 2. The second-order valence-corrected chi connectivity index (χ2v) is 8.63. The monoisotopic (exact) mass is 478 g/mol. The quantitative estimate of drug-likeness (QED) is 0.420. The van der Waals surface area contributed by atoms with E-state index in [0.717, 1.165) is 16.6 Å². The topological polar surface area (TPSA) is 97.6 Å². The van der Waals surface area contributed by atoms with Gasteiger partial charge in [0.25, 0.3) is 11.1 Å². The van der Waals surface area contributed by atoms with Crippen molar-refractivity contribution in [3.63, 3.8) is 0 Å². The summed E-state index contributed by atoms with van der Waals surface area (Å²) in [6, 6.07) is 9.46. The second kappa shape index (κ2) is 11.6. The molecule has 11 heteroatoms. The molecule has 0 saturated heterocycles. The minimum atomic E-state index is -0.544. The fraction of sp³-hybridized carbons (Fsp3) is 0.333. The lowest BCUT2D eigenvalue weighted by Gasteiger charge is -2.19. The first-order valence-corrected chi connectivity index (χ1v) is 11.8. The molecule has 0 aliphatic rings. The largest absolute Gasteiger partial charge is 0.481 e. The molecule has 0 aliphatic heterocycles. The van der Waals surface area contributed by atoms with Crippen LogP contribution in [0.1, 0.15) is 30.7 Å². The zero-order valence-corrected chi connectivity index (χ0v) is 19.2. The van der Waals surface area contributed by atoms with Crippen molar-refractivity contribution in [2.45, 2.75) is 31.7 Å². The van der Waals surface area contributed by atoms with Crippen LogP contribution in [-0.4, -0.2) is 45.8 Å². The van der Waals surface area contributed by atoms with Gasteiger partial charge in [-0.15, -0.1) is 21.5 Å². The summed E-state index contributed by atoms with van der Waals surface area (Å²) in [4.78, 5) is 27.2. The number of halogens is 1. The lowest BCUT2D eigenvalue weighted by Crippen LogP contribution is -2.41. The summed E-state index contributed by atoms with van der Waals surface area (Å²) >= 11 is 2.65. The van der Waals surface area contributed by atoms with Crippen molar-refractivity contribution < 1.29 is 23.1 Å². The van der Waals surface area contributed by atoms with Crippen LogP contribution >= 0.6 is 23.1 Å². The van der Waals surface area contributed by atoms with Crippen LogP contribution < -0.4 is 10.1 Å². The summed E-state index contributed by atoms with van der Waals surface area (Å²) in [7, 11) is 0. The zero-order valence-electron chi connectivity index (χ0n) is 17.6. The molecule has 1 unspecified atom stereocenters. The van der Waals surface area contributed by atoms with Crippen molar-refractivity contribution in [2.75, 3.05) is 18.8 Å². The molecule has 2 aromatic heterocycles. The number of likely N-dealkylation sites (N-methyl/N-ethyl adjacent to an activating group) is 1. The number of amides is 2. The van der Waals surface area contributed by atoms with E-state index in [2.05, 4.69) is 15.5 Å². The lowest BCUT2D eigenvalue weighted by atomic mass is 10.3. The van der Waals surface area contributed by atoms with Crippen molar-refractivity contribution in [1.82, 2.24) is 20.4 Å². The summed E-state index contributed by atoms with van der Waals surface area (Å²) in [6.45, 7) is 4.38. The molecular weight excluding hydrogens is 455 g/mol. The highest BCUT2D eigenvalue weighted by atomic mass is 32.2. The third-order valence-electron chi connectivity index (χ3n) is 4.32. The van der Waals surface area contributed by atoms with E-state index < -0.39 is 6.10 Å². The molecule has 8 nitrogen and oxygen atoms in total. The molecule has 0 spiro atoms. The fourth-order valence-corrected chi connectivity index (χ4v) is 3.95. The number of thiophene rings is 1. The Labute approximate surface area is 193 Å². The molecular formula is C21H23FN4O4S2. The van der Waals surface area contributed by atoms with Crippen LogP contribution in [0, 0.1) is 5.82 Å². The number of rotatable bonds is 11. The summed E-state index contributed by atoms with van der Waals surface area (Å²) in [6.07, 6.45) is -0.544. The average Bonchev–Trinajstić information content (AvgIpc) is 3.48. The molecule has 0 saturated carbocycles. The smallest absolute Gasteiger partial charge is 0.277 e. The standard InChI is InChI=1S/C21H23FN4O4S2/c1-3-26(12-18(27)23-11-17-5-4-10-31-17)19(28)13-32-21-25-24-20(30-21)14(2)29-16-8-6-15(22)7-9-16/h4-10,14H,3,11-13H2,1-2H3,(H,23,27). The Balaban J connectivity index is 1.45. The van der Waals surface area contributed by atoms with Crippen molar-refractivity contribution in [3.8, 4) is 5.75 Å². The molecule has 0 radical (unpaired) electrons. The number of nitrogens with zero attached hydrogens (tertiary/aromatic N) is 3. The van der Waals surface area contributed by atoms with Crippen LogP contribution in [0.25, 0.3) is 0 Å². The van der Waals surface area contributed by atoms with Gasteiger partial charge in [-0.1, -0.05) is 17.8 Å². The van der Waals surface area contributed by atoms with Crippen LogP contribution in [0.5, 0.6) is 5.75 Å². The lowest BCUT2D eigenvalue weighted by molar-refractivity contribution is -0.133. The van der Waals surface area contributed by atoms with E-state index in [-0.39, 0.29) is 41.0 Å². The maximum Gasteiger partial charge on any atom is 0.277 e. The van der Waals surface area contributed by atoms with Gasteiger partial charge < -0.3 is 19.4 Å². The highest BCUT2D eigenvalue weighted by Gasteiger charge is 2.19. The van der Waals surface area contributed by atoms with E-state index in [0.29, 0.717) is 18.8 Å². The minimum absolute atomic E-state index is 0.0150. The van der Waals surface area contributed by atoms with Crippen molar-refractivity contribution in [1.29, 1.82) is 0 Å². The number of carbonyl (C=O) groups is 2. The van der Waals surface area contributed by atoms with Crippen LogP contribution in [0.2, 0.25) is 0 Å². The third kappa shape index (κ3) is 7.06. The summed E-state index contributed by atoms with van der Waals surface area (Å²) in [5.41, 5.74) is 0. The first-order chi connectivity index (χ1) is 15.4. The van der Waals surface area contributed by atoms with Gasteiger partial charge in [0.05, 0.1) is 18.8 Å². The van der Waals surface area contributed by atoms with Gasteiger partial charge in [0.15, 0.2) is 6.10 Å². The molecule has 0 aliphatic carbocycles. The summed E-state index contributed by atoms with van der Waals surface area (Å²) in [5, 5.41) is 12.9. The molecule has 1 aromatic carbocycles. The van der Waals surface area contributed by atoms with Gasteiger partial charge in [-0.05, 0) is 49.6 Å². The van der Waals surface area contributed by atoms with E-state index in [1.165, 1.54) is 29.2 Å². The average molecular weight is 479 g/mol. The zero-order chi connectivity index (χ0) is 22.9. The van der Waals surface area contributed by atoms with Gasteiger partial charge in [0.2, 0.25) is 11.8 Å². The number of hydrogen-bond acceptors (Lipinski definition) is 8. The molecule has 2 amide bonds. The molecule has 1 atom stereocenters. The maximum absolute atomic E-state index is 13.0. The predicted octanol–water partition coefficient (Wildman–Crippen LogP) is 3.67. The van der Waals surface area contributed by atoms with Gasteiger partial charge in [-0.25, -0.2) is 4.39 Å². The Hall–Kier alpha value is -2.92. The van der Waals surface area contributed by atoms with Crippen LogP contribution in [-0.2, 0) is 16.1 Å². The third-order valence-corrected chi connectivity index (χ3v) is 6.00. The Morgan fingerprint density at radius 2 is 2.06 bits per heavy atom. The second-order valence-electron chi connectivity index (χ2n) is 6.67. The molecule has 0 bridgehead atoms. The Bertz CT molecular complexity index is 1010. The molecule has 2 heterocycles. The van der Waals surface area contributed by atoms with E-state index in [1.807, 2.05) is 24.4 Å². The first kappa shape index (κ1) is 23.7. The SMILES string of the molecule is CCN(CC(=O)NCc1cccs1)C(=O)CSc1nnc(C(C)Oc2ccc(F)cc2)o1. The number of ether oxygens (including phenoxy) is 1. The summed E-state index contributed by atoms with van der Waals surface area (Å²) < 4.78 is 24.2. The van der Waals surface area contributed by atoms with Gasteiger partial charge in [-0.2, -0.15) is 0 Å². The first-order valence-electron chi connectivity index (χ1n) is 9.90. The number of nitrogens with one attached hydrogen (secondary N) is 1. The number of carbonyl (C=O) groups excluding carboxylic acids is 2. The van der Waals surface area contributed by atoms with Gasteiger partial charge in [0, 0.05) is 11.4 Å². The molecule has 32 heavy (non-hydrogen) atoms. The highest BCUT2D eigenvalue weighted by molar-refractivity contribution is 7.99. The van der Waals surface area contributed by atoms with Gasteiger partial charge in [-0.3, -0.25) is 9.59 Å². The van der Waals surface area contributed by atoms with E-state index >= 15 is 0 Å². The van der Waals surface area contributed by atoms with Crippen molar-refractivity contribution >= 4 is 34.9 Å². The normalized spacial score (nSPS) is 11.7. The predicted molar refractivity (Wildman–Crippen MR) is 119 cm³/mol. The van der Waals surface area contributed by atoms with Crippen molar-refractivity contribution in [2.24, 2.45) is 0 Å². The molecule has 0 fully saturated rings. The number of hydrogen-bond donors (Lipinski definition) is 1. The highest BCUT2D eigenvalue weighted by Crippen LogP contribution is 2.24. The molecule has 3 rings (SSSR count). The van der Waals surface area contributed by atoms with Crippen LogP contribution in [0.15, 0.2) is 51.4 Å². The minimum Gasteiger partial charge on any atom is -0.481 e. The van der Waals surface area contributed by atoms with Gasteiger partial charge in [0.1, 0.15) is 11.6 Å². The van der Waals surface area contributed by atoms with Gasteiger partial charge >= 0.3 is 0 Å². The van der Waals surface area contributed by atoms with Crippen LogP contribution in [0.3, 0.4) is 0 Å². The van der Waals surface area contributed by atoms with Crippen molar-refractivity contribution in [3.05, 3.63) is 58.4 Å². The Kier molecular flexibility index (Phi) is 8.63. The molecule has 1 N–H and O–H groups in total. The Morgan fingerprint density at radius 1 is 1.28 bits per heavy atom. The summed E-state index contributed by atoms with van der Waals surface area (Å²) in [5.74, 6) is -0.0141. The van der Waals surface area contributed by atoms with E-state index in [9.17, 15) is 14.0 Å². The van der Waals surface area contributed by atoms with Crippen LogP contribution in [0.4, 0.5) is 4.39 Å². The molecule has 3 aromatic rings. The fourth-order valence-electron chi connectivity index (χ4n) is 2.63. The Morgan fingerprint density at radius 3 is 2.75 bits per heavy atom.